The van der Waals surface area contributed by atoms with Gasteiger partial charge in [0.2, 0.25) is 11.8 Å². The molecular weight excluding hydrogens is 403 g/mol. The first-order valence-corrected chi connectivity index (χ1v) is 11.9. The zero-order valence-electron chi connectivity index (χ0n) is 18.9. The SMILES string of the molecule is CCc1ccc([C@@H]2C[C@H](C(=O)NCc3ccccc3F)CN(C(=O)C3CCCC3)C2)cc1. The second-order valence-electron chi connectivity index (χ2n) is 9.26. The number of nitrogens with one attached hydrogen (secondary N) is 1. The summed E-state index contributed by atoms with van der Waals surface area (Å²) in [6.45, 7) is 3.40. The molecule has 5 heteroatoms. The fraction of sp³-hybridized carbons (Fsp3) is 0.481. The highest BCUT2D eigenvalue weighted by atomic mass is 19.1. The van der Waals surface area contributed by atoms with Crippen molar-refractivity contribution in [3.63, 3.8) is 0 Å². The summed E-state index contributed by atoms with van der Waals surface area (Å²) in [4.78, 5) is 28.2. The number of aryl methyl sites for hydroxylation is 1. The Morgan fingerprint density at radius 2 is 1.72 bits per heavy atom. The molecule has 1 saturated heterocycles. The summed E-state index contributed by atoms with van der Waals surface area (Å²) in [7, 11) is 0. The van der Waals surface area contributed by atoms with E-state index >= 15 is 0 Å². The van der Waals surface area contributed by atoms with Crippen LogP contribution in [0.25, 0.3) is 0 Å². The monoisotopic (exact) mass is 436 g/mol. The Hall–Kier alpha value is -2.69. The van der Waals surface area contributed by atoms with Crippen LogP contribution in [0.5, 0.6) is 0 Å². The largest absolute Gasteiger partial charge is 0.352 e. The summed E-state index contributed by atoms with van der Waals surface area (Å²) in [5.74, 6) is -0.292. The number of carbonyl (C=O) groups excluding carboxylic acids is 2. The Bertz CT molecular complexity index is 937. The van der Waals surface area contributed by atoms with Crippen LogP contribution in [0.3, 0.4) is 0 Å². The van der Waals surface area contributed by atoms with Gasteiger partial charge in [0.25, 0.3) is 0 Å². The molecule has 2 aliphatic rings. The minimum Gasteiger partial charge on any atom is -0.352 e. The number of likely N-dealkylation sites (tertiary alicyclic amines) is 1. The lowest BCUT2D eigenvalue weighted by Crippen LogP contribution is -2.49. The summed E-state index contributed by atoms with van der Waals surface area (Å²) >= 11 is 0. The lowest BCUT2D eigenvalue weighted by molar-refractivity contribution is -0.139. The van der Waals surface area contributed by atoms with E-state index in [2.05, 4.69) is 36.5 Å². The number of hydrogen-bond donors (Lipinski definition) is 1. The molecule has 2 aromatic rings. The normalized spacial score (nSPS) is 21.5. The number of benzene rings is 2. The first-order valence-electron chi connectivity index (χ1n) is 11.9. The summed E-state index contributed by atoms with van der Waals surface area (Å²) in [6, 6.07) is 15.1. The minimum absolute atomic E-state index is 0.0957. The van der Waals surface area contributed by atoms with Crippen LogP contribution in [0.15, 0.2) is 48.5 Å². The number of nitrogens with zero attached hydrogens (tertiary/aromatic N) is 1. The zero-order valence-corrected chi connectivity index (χ0v) is 18.9. The maximum absolute atomic E-state index is 14.0. The van der Waals surface area contributed by atoms with Crippen LogP contribution in [-0.2, 0) is 22.6 Å². The van der Waals surface area contributed by atoms with E-state index in [-0.39, 0.29) is 41.9 Å². The second kappa shape index (κ2) is 10.3. The van der Waals surface area contributed by atoms with Gasteiger partial charge in [-0.15, -0.1) is 0 Å². The number of hydrogen-bond acceptors (Lipinski definition) is 2. The molecular formula is C27H33FN2O2. The molecule has 0 unspecified atom stereocenters. The Morgan fingerprint density at radius 1 is 1.00 bits per heavy atom. The van der Waals surface area contributed by atoms with Gasteiger partial charge in [-0.3, -0.25) is 9.59 Å². The van der Waals surface area contributed by atoms with E-state index in [1.54, 1.807) is 18.2 Å². The number of carbonyl (C=O) groups is 2. The van der Waals surface area contributed by atoms with E-state index in [1.165, 1.54) is 17.2 Å². The Kier molecular flexibility index (Phi) is 7.23. The maximum atomic E-state index is 14.0. The van der Waals surface area contributed by atoms with Crippen LogP contribution < -0.4 is 5.32 Å². The van der Waals surface area contributed by atoms with Crippen molar-refractivity contribution in [2.24, 2.45) is 11.8 Å². The van der Waals surface area contributed by atoms with Crippen molar-refractivity contribution < 1.29 is 14.0 Å². The van der Waals surface area contributed by atoms with Crippen LogP contribution in [0.4, 0.5) is 4.39 Å². The van der Waals surface area contributed by atoms with Crippen molar-refractivity contribution in [1.29, 1.82) is 0 Å². The predicted molar refractivity (Wildman–Crippen MR) is 123 cm³/mol. The number of halogens is 1. The molecule has 2 amide bonds. The molecule has 2 fully saturated rings. The van der Waals surface area contributed by atoms with Crippen LogP contribution in [0, 0.1) is 17.7 Å². The molecule has 2 atom stereocenters. The summed E-state index contributed by atoms with van der Waals surface area (Å²) < 4.78 is 14.0. The molecule has 0 spiro atoms. The predicted octanol–water partition coefficient (Wildman–Crippen LogP) is 4.83. The second-order valence-corrected chi connectivity index (χ2v) is 9.26. The number of rotatable bonds is 6. The smallest absolute Gasteiger partial charge is 0.225 e. The maximum Gasteiger partial charge on any atom is 0.225 e. The average molecular weight is 437 g/mol. The lowest BCUT2D eigenvalue weighted by atomic mass is 9.83. The number of amides is 2. The van der Waals surface area contributed by atoms with Gasteiger partial charge >= 0.3 is 0 Å². The molecule has 1 saturated carbocycles. The molecule has 0 radical (unpaired) electrons. The third-order valence-corrected chi connectivity index (χ3v) is 7.11. The van der Waals surface area contributed by atoms with E-state index in [4.69, 9.17) is 0 Å². The third kappa shape index (κ3) is 5.20. The van der Waals surface area contributed by atoms with Crippen molar-refractivity contribution in [2.45, 2.75) is 57.9 Å². The Labute approximate surface area is 190 Å². The van der Waals surface area contributed by atoms with E-state index in [0.29, 0.717) is 25.1 Å². The molecule has 1 aliphatic heterocycles. The van der Waals surface area contributed by atoms with Gasteiger partial charge in [0.15, 0.2) is 0 Å². The quantitative estimate of drug-likeness (QED) is 0.705. The molecule has 0 aromatic heterocycles. The molecule has 4 nitrogen and oxygen atoms in total. The van der Waals surface area contributed by atoms with E-state index in [9.17, 15) is 14.0 Å². The van der Waals surface area contributed by atoms with Crippen molar-refractivity contribution in [3.05, 3.63) is 71.0 Å². The van der Waals surface area contributed by atoms with Gasteiger partial charge in [-0.25, -0.2) is 4.39 Å². The van der Waals surface area contributed by atoms with Crippen molar-refractivity contribution >= 4 is 11.8 Å². The first-order chi connectivity index (χ1) is 15.5. The minimum atomic E-state index is -0.316. The molecule has 170 valence electrons. The van der Waals surface area contributed by atoms with E-state index < -0.39 is 0 Å². The van der Waals surface area contributed by atoms with Gasteiger partial charge in [-0.05, 0) is 42.9 Å². The van der Waals surface area contributed by atoms with Crippen LogP contribution in [-0.4, -0.2) is 29.8 Å². The van der Waals surface area contributed by atoms with Gasteiger partial charge in [0.05, 0.1) is 5.92 Å². The highest BCUT2D eigenvalue weighted by Crippen LogP contribution is 2.34. The van der Waals surface area contributed by atoms with E-state index in [1.807, 2.05) is 4.90 Å². The van der Waals surface area contributed by atoms with Gasteiger partial charge < -0.3 is 10.2 Å². The Balaban J connectivity index is 1.49. The molecule has 1 heterocycles. The summed E-state index contributed by atoms with van der Waals surface area (Å²) in [5, 5.41) is 2.91. The van der Waals surface area contributed by atoms with Gasteiger partial charge in [0.1, 0.15) is 5.82 Å². The van der Waals surface area contributed by atoms with Crippen LogP contribution in [0.1, 0.15) is 61.6 Å². The molecule has 32 heavy (non-hydrogen) atoms. The fourth-order valence-electron chi connectivity index (χ4n) is 5.14. The van der Waals surface area contributed by atoms with Gasteiger partial charge in [-0.1, -0.05) is 62.2 Å². The topological polar surface area (TPSA) is 49.4 Å². The summed E-state index contributed by atoms with van der Waals surface area (Å²) in [5.41, 5.74) is 2.93. The molecule has 4 rings (SSSR count). The fourth-order valence-corrected chi connectivity index (χ4v) is 5.14. The zero-order chi connectivity index (χ0) is 22.5. The standard InChI is InChI=1S/C27H33FN2O2/c1-2-19-11-13-20(14-12-19)23-15-24(18-30(17-23)27(32)21-7-3-4-8-21)26(31)29-16-22-9-5-6-10-25(22)28/h5-6,9-14,21,23-24H,2-4,7-8,15-18H2,1H3,(H,29,31)/t23-,24+/m1/s1. The highest BCUT2D eigenvalue weighted by Gasteiger charge is 2.37. The van der Waals surface area contributed by atoms with Crippen LogP contribution in [0.2, 0.25) is 0 Å². The number of piperidine rings is 1. The highest BCUT2D eigenvalue weighted by molar-refractivity contribution is 5.82. The van der Waals surface area contributed by atoms with Crippen molar-refractivity contribution in [2.75, 3.05) is 13.1 Å². The van der Waals surface area contributed by atoms with Crippen LogP contribution >= 0.6 is 0 Å². The molecule has 2 aromatic carbocycles. The molecule has 1 aliphatic carbocycles. The van der Waals surface area contributed by atoms with Gasteiger partial charge in [-0.2, -0.15) is 0 Å². The average Bonchev–Trinajstić information content (AvgIpc) is 3.37. The van der Waals surface area contributed by atoms with E-state index in [0.717, 1.165) is 32.1 Å². The summed E-state index contributed by atoms with van der Waals surface area (Å²) in [6.07, 6.45) is 5.81. The Morgan fingerprint density at radius 3 is 2.41 bits per heavy atom. The first kappa shape index (κ1) is 22.5. The lowest BCUT2D eigenvalue weighted by Gasteiger charge is -2.38. The van der Waals surface area contributed by atoms with Crippen molar-refractivity contribution in [1.82, 2.24) is 10.2 Å². The van der Waals surface area contributed by atoms with Crippen molar-refractivity contribution in [3.8, 4) is 0 Å². The third-order valence-electron chi connectivity index (χ3n) is 7.11. The molecule has 0 bridgehead atoms. The van der Waals surface area contributed by atoms with Gasteiger partial charge in [0, 0.05) is 37.0 Å². The molecule has 1 N–H and O–H groups in total.